The van der Waals surface area contributed by atoms with Crippen molar-refractivity contribution in [1.82, 2.24) is 0 Å². The summed E-state index contributed by atoms with van der Waals surface area (Å²) >= 11 is 0. The molecule has 340 valence electrons. The lowest BCUT2D eigenvalue weighted by atomic mass is 9.81. The normalized spacial score (nSPS) is 11.8. The Morgan fingerprint density at radius 2 is 0.528 bits per heavy atom. The first-order valence-electron chi connectivity index (χ1n) is 25.2. The number of hydrogen-bond acceptors (Lipinski definition) is 0. The molecule has 14 aromatic carbocycles. The zero-order chi connectivity index (χ0) is 48.3. The first kappa shape index (κ1) is 43.2. The van der Waals surface area contributed by atoms with Crippen LogP contribution < -0.4 is 0 Å². The van der Waals surface area contributed by atoms with Gasteiger partial charge in [-0.2, -0.15) is 0 Å². The summed E-state index contributed by atoms with van der Waals surface area (Å²) in [5.41, 5.74) is 11.7. The Labute approximate surface area is 421 Å². The molecule has 14 aromatic rings. The van der Waals surface area contributed by atoms with Crippen LogP contribution in [0.5, 0.6) is 0 Å². The molecule has 0 aliphatic carbocycles. The molecule has 14 rings (SSSR count). The number of rotatable bonds is 4. The third-order valence-corrected chi connectivity index (χ3v) is 15.0. The molecule has 0 aliphatic heterocycles. The Morgan fingerprint density at radius 1 is 0.208 bits per heavy atom. The van der Waals surface area contributed by atoms with E-state index in [4.69, 9.17) is 0 Å². The molecule has 0 amide bonds. The number of hydrogen-bond donors (Lipinski definition) is 0. The second-order valence-corrected chi connectivity index (χ2v) is 20.4. The van der Waals surface area contributed by atoms with Gasteiger partial charge in [-0.3, -0.25) is 0 Å². The van der Waals surface area contributed by atoms with Crippen molar-refractivity contribution in [3.8, 4) is 44.5 Å². The lowest BCUT2D eigenvalue weighted by Crippen LogP contribution is -2.10. The summed E-state index contributed by atoms with van der Waals surface area (Å²) in [5.74, 6) is 0. The standard InChI is InChI=1S/C38H30.C34H22/c1-38(2,3)31-20-21-34-35(24-31)37(30-19-17-26-11-5-7-13-28(26)23-30)33-15-9-8-14-32(33)36(34)29-18-16-25-10-4-6-12-27(25)22-29;1-2-12-25-22-26(21-20-23(25)10-1)33-29-15-5-7-17-31(29)34(32-18-8-6-16-30(32)33)28-19-9-13-24-11-3-4-14-27(24)28/h4-24H,1-3H3;1-22H. The van der Waals surface area contributed by atoms with Crippen molar-refractivity contribution in [1.29, 1.82) is 0 Å². The van der Waals surface area contributed by atoms with Gasteiger partial charge >= 0.3 is 0 Å². The average molecular weight is 917 g/mol. The van der Waals surface area contributed by atoms with Gasteiger partial charge in [0.1, 0.15) is 0 Å². The SMILES string of the molecule is CC(C)(C)c1ccc2c(-c3ccc4ccccc4c3)c3ccccc3c(-c3ccc4ccccc4c3)c2c1.c1ccc2cc(-c3c4ccccc4c(-c4cccc5ccccc45)c4ccccc34)ccc2c1. The maximum atomic E-state index is 2.44. The van der Waals surface area contributed by atoms with Crippen LogP contribution >= 0.6 is 0 Å². The van der Waals surface area contributed by atoms with Gasteiger partial charge in [-0.05, 0) is 166 Å². The van der Waals surface area contributed by atoms with Gasteiger partial charge in [0, 0.05) is 0 Å². The maximum Gasteiger partial charge on any atom is -0.00201 e. The van der Waals surface area contributed by atoms with Crippen molar-refractivity contribution in [2.24, 2.45) is 0 Å². The summed E-state index contributed by atoms with van der Waals surface area (Å²) < 4.78 is 0. The van der Waals surface area contributed by atoms with Crippen LogP contribution in [0.4, 0.5) is 0 Å². The summed E-state index contributed by atoms with van der Waals surface area (Å²) in [5, 5.41) is 20.6. The Hall–Kier alpha value is -8.84. The molecule has 0 unspecified atom stereocenters. The molecule has 0 saturated heterocycles. The molecule has 0 radical (unpaired) electrons. The highest BCUT2D eigenvalue weighted by molar-refractivity contribution is 6.24. The van der Waals surface area contributed by atoms with Crippen LogP contribution in [-0.2, 0) is 5.41 Å². The highest BCUT2D eigenvalue weighted by atomic mass is 14.3. The quantitative estimate of drug-likeness (QED) is 0.154. The predicted octanol–water partition coefficient (Wildman–Crippen LogP) is 20.6. The Balaban J connectivity index is 0.000000141. The Morgan fingerprint density at radius 3 is 0.944 bits per heavy atom. The van der Waals surface area contributed by atoms with Gasteiger partial charge in [-0.25, -0.2) is 0 Å². The van der Waals surface area contributed by atoms with E-state index in [2.05, 4.69) is 282 Å². The fraction of sp³-hybridized carbons (Fsp3) is 0.0556. The lowest BCUT2D eigenvalue weighted by Gasteiger charge is -2.23. The van der Waals surface area contributed by atoms with Gasteiger partial charge in [0.05, 0.1) is 0 Å². The van der Waals surface area contributed by atoms with Crippen molar-refractivity contribution in [3.63, 3.8) is 0 Å². The molecular formula is C72H52. The zero-order valence-corrected chi connectivity index (χ0v) is 40.8. The van der Waals surface area contributed by atoms with Crippen molar-refractivity contribution in [2.45, 2.75) is 26.2 Å². The minimum atomic E-state index is 0.0591. The topological polar surface area (TPSA) is 0 Å². The molecule has 0 heteroatoms. The molecule has 72 heavy (non-hydrogen) atoms. The molecule has 0 N–H and O–H groups in total. The zero-order valence-electron chi connectivity index (χ0n) is 40.8. The Kier molecular flexibility index (Phi) is 10.5. The van der Waals surface area contributed by atoms with Gasteiger partial charge in [0.25, 0.3) is 0 Å². The molecule has 0 fully saturated rings. The van der Waals surface area contributed by atoms with Gasteiger partial charge in [0.15, 0.2) is 0 Å². The minimum absolute atomic E-state index is 0.0591. The van der Waals surface area contributed by atoms with Crippen LogP contribution in [0.1, 0.15) is 26.3 Å². The second-order valence-electron chi connectivity index (χ2n) is 20.4. The predicted molar refractivity (Wildman–Crippen MR) is 313 cm³/mol. The van der Waals surface area contributed by atoms with E-state index in [9.17, 15) is 0 Å². The first-order valence-corrected chi connectivity index (χ1v) is 25.2. The number of benzene rings is 14. The van der Waals surface area contributed by atoms with E-state index in [1.165, 1.54) is 136 Å². The van der Waals surface area contributed by atoms with Crippen LogP contribution in [-0.4, -0.2) is 0 Å². The van der Waals surface area contributed by atoms with Crippen LogP contribution in [0.3, 0.4) is 0 Å². The van der Waals surface area contributed by atoms with Gasteiger partial charge < -0.3 is 0 Å². The largest absolute Gasteiger partial charge is 0.0616 e. The third kappa shape index (κ3) is 7.47. The molecule has 0 bridgehead atoms. The highest BCUT2D eigenvalue weighted by Gasteiger charge is 2.22. The summed E-state index contributed by atoms with van der Waals surface area (Å²) in [7, 11) is 0. The highest BCUT2D eigenvalue weighted by Crippen LogP contribution is 2.47. The van der Waals surface area contributed by atoms with Crippen LogP contribution in [0.2, 0.25) is 0 Å². The first-order chi connectivity index (χ1) is 35.4. The molecular weight excluding hydrogens is 865 g/mol. The number of fused-ring (bicyclic) bond motifs is 8. The Bertz CT molecular complexity index is 4370. The van der Waals surface area contributed by atoms with Crippen LogP contribution in [0, 0.1) is 0 Å². The monoisotopic (exact) mass is 916 g/mol. The van der Waals surface area contributed by atoms with E-state index in [0.717, 1.165) is 0 Å². The second kappa shape index (κ2) is 17.5. The van der Waals surface area contributed by atoms with Crippen molar-refractivity contribution in [2.75, 3.05) is 0 Å². The summed E-state index contributed by atoms with van der Waals surface area (Å²) in [6.07, 6.45) is 0. The van der Waals surface area contributed by atoms with Crippen LogP contribution in [0.25, 0.3) is 131 Å². The summed E-state index contributed by atoms with van der Waals surface area (Å²) in [4.78, 5) is 0. The summed E-state index contributed by atoms with van der Waals surface area (Å²) in [6, 6.07) is 95.7. The molecule has 0 saturated carbocycles. The van der Waals surface area contributed by atoms with E-state index in [-0.39, 0.29) is 5.41 Å². The third-order valence-electron chi connectivity index (χ3n) is 15.0. The minimum Gasteiger partial charge on any atom is -0.0616 e. The molecule has 0 spiro atoms. The van der Waals surface area contributed by atoms with E-state index in [0.29, 0.717) is 0 Å². The van der Waals surface area contributed by atoms with Gasteiger partial charge in [-0.1, -0.05) is 257 Å². The smallest absolute Gasteiger partial charge is 0.00201 e. The molecule has 0 aliphatic rings. The molecule has 0 atom stereocenters. The average Bonchev–Trinajstić information content (AvgIpc) is 3.43. The molecule has 0 aromatic heterocycles. The van der Waals surface area contributed by atoms with Crippen molar-refractivity contribution >= 4 is 86.2 Å². The summed E-state index contributed by atoms with van der Waals surface area (Å²) in [6.45, 7) is 6.90. The molecule has 0 nitrogen and oxygen atoms in total. The van der Waals surface area contributed by atoms with E-state index in [1.807, 2.05) is 0 Å². The van der Waals surface area contributed by atoms with Gasteiger partial charge in [-0.15, -0.1) is 0 Å². The van der Waals surface area contributed by atoms with E-state index < -0.39 is 0 Å². The van der Waals surface area contributed by atoms with Crippen LogP contribution in [0.15, 0.2) is 261 Å². The fourth-order valence-electron chi connectivity index (χ4n) is 11.5. The van der Waals surface area contributed by atoms with E-state index in [1.54, 1.807) is 0 Å². The van der Waals surface area contributed by atoms with Crippen molar-refractivity contribution < 1.29 is 0 Å². The maximum absolute atomic E-state index is 2.44. The lowest BCUT2D eigenvalue weighted by molar-refractivity contribution is 0.591. The van der Waals surface area contributed by atoms with E-state index >= 15 is 0 Å². The molecule has 0 heterocycles. The van der Waals surface area contributed by atoms with Gasteiger partial charge in [0.2, 0.25) is 0 Å². The van der Waals surface area contributed by atoms with Crippen molar-refractivity contribution in [3.05, 3.63) is 266 Å². The fourth-order valence-corrected chi connectivity index (χ4v) is 11.5.